The number of unbranched alkanes of at least 4 members (excludes halogenated alkanes) is 14. The van der Waals surface area contributed by atoms with Crippen molar-refractivity contribution in [2.24, 2.45) is 0 Å². The predicted octanol–water partition coefficient (Wildman–Crippen LogP) is 5.77. The van der Waals surface area contributed by atoms with Crippen LogP contribution in [-0.2, 0) is 0 Å². The molecule has 0 amide bonds. The minimum absolute atomic E-state index is 0.171. The quantitative estimate of drug-likeness (QED) is 0.264. The number of hydrogen-bond donors (Lipinski definition) is 2. The van der Waals surface area contributed by atoms with Crippen molar-refractivity contribution in [3.63, 3.8) is 0 Å². The number of aliphatic hydroxyl groups excluding tert-OH is 2. The minimum atomic E-state index is -0.674. The molecule has 0 aliphatic carbocycles. The monoisotopic (exact) mass is 312 g/mol. The highest BCUT2D eigenvalue weighted by Gasteiger charge is 1.95. The van der Waals surface area contributed by atoms with Crippen LogP contribution < -0.4 is 0 Å². The molecule has 0 aromatic carbocycles. The first-order valence-electron chi connectivity index (χ1n) is 9.76. The molecule has 0 aromatic rings. The van der Waals surface area contributed by atoms with Crippen LogP contribution in [0.15, 0.2) is 12.2 Å². The van der Waals surface area contributed by atoms with E-state index in [9.17, 15) is 0 Å². The molecule has 0 bridgehead atoms. The smallest absolute Gasteiger partial charge is 0.0951 e. The van der Waals surface area contributed by atoms with Gasteiger partial charge in [0.05, 0.1) is 12.7 Å². The van der Waals surface area contributed by atoms with Gasteiger partial charge in [0.25, 0.3) is 0 Å². The van der Waals surface area contributed by atoms with Crippen LogP contribution in [0.5, 0.6) is 0 Å². The van der Waals surface area contributed by atoms with Crippen molar-refractivity contribution in [3.8, 4) is 0 Å². The predicted molar refractivity (Wildman–Crippen MR) is 97.2 cm³/mol. The van der Waals surface area contributed by atoms with Crippen LogP contribution in [0, 0.1) is 0 Å². The lowest BCUT2D eigenvalue weighted by Gasteiger charge is -2.03. The van der Waals surface area contributed by atoms with E-state index in [4.69, 9.17) is 10.2 Å². The molecule has 0 fully saturated rings. The second-order valence-corrected chi connectivity index (χ2v) is 6.56. The van der Waals surface area contributed by atoms with Gasteiger partial charge in [0.15, 0.2) is 0 Å². The van der Waals surface area contributed by atoms with E-state index in [-0.39, 0.29) is 6.61 Å². The molecule has 0 radical (unpaired) electrons. The molecule has 0 saturated carbocycles. The van der Waals surface area contributed by atoms with E-state index in [0.717, 1.165) is 6.42 Å². The van der Waals surface area contributed by atoms with Crippen LogP contribution in [0.25, 0.3) is 0 Å². The lowest BCUT2D eigenvalue weighted by molar-refractivity contribution is 0.131. The summed E-state index contributed by atoms with van der Waals surface area (Å²) in [5, 5.41) is 17.8. The Labute approximate surface area is 139 Å². The Bertz CT molecular complexity index is 226. The van der Waals surface area contributed by atoms with Gasteiger partial charge in [0, 0.05) is 0 Å². The van der Waals surface area contributed by atoms with E-state index in [2.05, 4.69) is 6.92 Å². The fraction of sp³-hybridized carbons (Fsp3) is 0.900. The van der Waals surface area contributed by atoms with Crippen LogP contribution in [0.3, 0.4) is 0 Å². The molecule has 0 heterocycles. The van der Waals surface area contributed by atoms with Crippen molar-refractivity contribution in [2.45, 2.75) is 109 Å². The molecular weight excluding hydrogens is 272 g/mol. The molecule has 0 aromatic heterocycles. The molecule has 0 aliphatic rings. The van der Waals surface area contributed by atoms with Gasteiger partial charge in [0.1, 0.15) is 0 Å². The lowest BCUT2D eigenvalue weighted by atomic mass is 10.0. The Morgan fingerprint density at radius 1 is 0.682 bits per heavy atom. The number of allylic oxidation sites excluding steroid dienone is 1. The van der Waals surface area contributed by atoms with Crippen molar-refractivity contribution in [2.75, 3.05) is 6.61 Å². The summed E-state index contributed by atoms with van der Waals surface area (Å²) in [5.41, 5.74) is 0. The topological polar surface area (TPSA) is 40.5 Å². The van der Waals surface area contributed by atoms with Crippen LogP contribution in [0.2, 0.25) is 0 Å². The highest BCUT2D eigenvalue weighted by atomic mass is 16.3. The molecule has 2 N–H and O–H groups in total. The first-order chi connectivity index (χ1) is 10.8. The van der Waals surface area contributed by atoms with Gasteiger partial charge in [-0.15, -0.1) is 0 Å². The standard InChI is InChI=1S/C20H40O2/c1-2-3-4-5-6-7-8-9-10-11-12-13-14-15-16-17-18-20(22)19-21/h17-18,20-22H,2-16,19H2,1H3. The Balaban J connectivity index is 3.04. The third-order valence-electron chi connectivity index (χ3n) is 4.27. The lowest BCUT2D eigenvalue weighted by Crippen LogP contribution is -2.06. The maximum Gasteiger partial charge on any atom is 0.0951 e. The maximum atomic E-state index is 9.14. The zero-order valence-corrected chi connectivity index (χ0v) is 14.9. The van der Waals surface area contributed by atoms with Gasteiger partial charge >= 0.3 is 0 Å². The van der Waals surface area contributed by atoms with Crippen molar-refractivity contribution in [1.29, 1.82) is 0 Å². The normalized spacial score (nSPS) is 13.0. The zero-order valence-electron chi connectivity index (χ0n) is 14.9. The van der Waals surface area contributed by atoms with Gasteiger partial charge in [-0.05, 0) is 12.8 Å². The molecule has 0 rings (SSSR count). The molecule has 0 saturated heterocycles. The van der Waals surface area contributed by atoms with Crippen molar-refractivity contribution >= 4 is 0 Å². The summed E-state index contributed by atoms with van der Waals surface area (Å²) in [4.78, 5) is 0. The zero-order chi connectivity index (χ0) is 16.3. The van der Waals surface area contributed by atoms with Crippen molar-refractivity contribution < 1.29 is 10.2 Å². The summed E-state index contributed by atoms with van der Waals surface area (Å²) in [6, 6.07) is 0. The van der Waals surface area contributed by atoms with Crippen LogP contribution in [0.4, 0.5) is 0 Å². The first kappa shape index (κ1) is 21.7. The molecule has 0 aliphatic heterocycles. The second-order valence-electron chi connectivity index (χ2n) is 6.56. The molecule has 0 spiro atoms. The summed E-state index contributed by atoms with van der Waals surface area (Å²) in [6.07, 6.45) is 23.4. The Kier molecular flexibility index (Phi) is 18.4. The fourth-order valence-corrected chi connectivity index (χ4v) is 2.77. The van der Waals surface area contributed by atoms with Gasteiger partial charge in [-0.2, -0.15) is 0 Å². The van der Waals surface area contributed by atoms with Crippen molar-refractivity contribution in [3.05, 3.63) is 12.2 Å². The van der Waals surface area contributed by atoms with E-state index in [1.54, 1.807) is 6.08 Å². The van der Waals surface area contributed by atoms with Crippen LogP contribution in [0.1, 0.15) is 103 Å². The summed E-state index contributed by atoms with van der Waals surface area (Å²) in [6.45, 7) is 2.10. The summed E-state index contributed by atoms with van der Waals surface area (Å²) < 4.78 is 0. The van der Waals surface area contributed by atoms with Crippen LogP contribution in [-0.4, -0.2) is 22.9 Å². The average Bonchev–Trinajstić information content (AvgIpc) is 2.54. The molecule has 1 unspecified atom stereocenters. The number of hydrogen-bond acceptors (Lipinski definition) is 2. The minimum Gasteiger partial charge on any atom is -0.393 e. The summed E-state index contributed by atoms with van der Waals surface area (Å²) in [5.74, 6) is 0. The van der Waals surface area contributed by atoms with E-state index < -0.39 is 6.10 Å². The van der Waals surface area contributed by atoms with Crippen LogP contribution >= 0.6 is 0 Å². The Morgan fingerprint density at radius 3 is 1.50 bits per heavy atom. The van der Waals surface area contributed by atoms with E-state index >= 15 is 0 Å². The van der Waals surface area contributed by atoms with Gasteiger partial charge in [0.2, 0.25) is 0 Å². The van der Waals surface area contributed by atoms with E-state index in [1.165, 1.54) is 89.9 Å². The van der Waals surface area contributed by atoms with Gasteiger partial charge in [-0.3, -0.25) is 0 Å². The second kappa shape index (κ2) is 18.7. The highest BCUT2D eigenvalue weighted by molar-refractivity contribution is 4.87. The van der Waals surface area contributed by atoms with E-state index in [1.807, 2.05) is 6.08 Å². The third-order valence-corrected chi connectivity index (χ3v) is 4.27. The van der Waals surface area contributed by atoms with E-state index in [0.29, 0.717) is 0 Å². The number of rotatable bonds is 17. The van der Waals surface area contributed by atoms with Gasteiger partial charge < -0.3 is 10.2 Å². The molecule has 2 heteroatoms. The summed E-state index contributed by atoms with van der Waals surface area (Å²) in [7, 11) is 0. The van der Waals surface area contributed by atoms with Gasteiger partial charge in [-0.1, -0.05) is 103 Å². The Morgan fingerprint density at radius 2 is 1.09 bits per heavy atom. The first-order valence-corrected chi connectivity index (χ1v) is 9.76. The third kappa shape index (κ3) is 17.7. The Hall–Kier alpha value is -0.340. The molecule has 2 nitrogen and oxygen atoms in total. The SMILES string of the molecule is CCCCCCCCCCCCCCCCC=CC(O)CO. The fourth-order valence-electron chi connectivity index (χ4n) is 2.77. The van der Waals surface area contributed by atoms with Gasteiger partial charge in [-0.25, -0.2) is 0 Å². The molecule has 22 heavy (non-hydrogen) atoms. The largest absolute Gasteiger partial charge is 0.393 e. The molecule has 132 valence electrons. The number of aliphatic hydroxyl groups is 2. The summed E-state index contributed by atoms with van der Waals surface area (Å²) >= 11 is 0. The van der Waals surface area contributed by atoms with Crippen molar-refractivity contribution in [1.82, 2.24) is 0 Å². The maximum absolute atomic E-state index is 9.14. The molecule has 1 atom stereocenters. The average molecular weight is 313 g/mol. The highest BCUT2D eigenvalue weighted by Crippen LogP contribution is 2.13. The molecular formula is C20H40O2.